The molecule has 0 radical (unpaired) electrons. The lowest BCUT2D eigenvalue weighted by Gasteiger charge is -2.09. The van der Waals surface area contributed by atoms with Crippen LogP contribution >= 0.6 is 0 Å². The molecule has 2 aromatic rings. The van der Waals surface area contributed by atoms with Crippen LogP contribution in [0.4, 0.5) is 0 Å². The molecule has 0 spiro atoms. The van der Waals surface area contributed by atoms with Gasteiger partial charge >= 0.3 is 0 Å². The standard InChI is InChI=1S/C17H25N3/c1-12(2)14-6-8-15(9-7-14)17-16(10-18-13(3)4)11-20(5)19-17/h6-9,11-13,18H,10H2,1-5H3. The van der Waals surface area contributed by atoms with Crippen LogP contribution in [0.2, 0.25) is 0 Å². The van der Waals surface area contributed by atoms with Crippen molar-refractivity contribution in [2.45, 2.75) is 46.2 Å². The molecular formula is C17H25N3. The van der Waals surface area contributed by atoms with Crippen LogP contribution in [0.3, 0.4) is 0 Å². The third kappa shape index (κ3) is 3.48. The van der Waals surface area contributed by atoms with Crippen molar-refractivity contribution in [1.29, 1.82) is 0 Å². The van der Waals surface area contributed by atoms with Crippen molar-refractivity contribution in [2.24, 2.45) is 7.05 Å². The summed E-state index contributed by atoms with van der Waals surface area (Å²) in [5.41, 5.74) is 4.89. The van der Waals surface area contributed by atoms with E-state index in [2.05, 4.69) is 68.6 Å². The predicted molar refractivity (Wildman–Crippen MR) is 84.7 cm³/mol. The Morgan fingerprint density at radius 2 is 1.75 bits per heavy atom. The van der Waals surface area contributed by atoms with Crippen molar-refractivity contribution in [3.8, 4) is 11.3 Å². The fourth-order valence-corrected chi connectivity index (χ4v) is 2.25. The number of nitrogens with one attached hydrogen (secondary N) is 1. The van der Waals surface area contributed by atoms with Crippen LogP contribution in [0.25, 0.3) is 11.3 Å². The lowest BCUT2D eigenvalue weighted by Crippen LogP contribution is -2.21. The highest BCUT2D eigenvalue weighted by atomic mass is 15.3. The van der Waals surface area contributed by atoms with Crippen LogP contribution in [0.1, 0.15) is 44.7 Å². The second kappa shape index (κ2) is 6.23. The first-order valence-corrected chi connectivity index (χ1v) is 7.33. The zero-order valence-corrected chi connectivity index (χ0v) is 13.1. The van der Waals surface area contributed by atoms with E-state index in [9.17, 15) is 0 Å². The van der Waals surface area contributed by atoms with Crippen LogP contribution < -0.4 is 5.32 Å². The van der Waals surface area contributed by atoms with Crippen LogP contribution in [-0.4, -0.2) is 15.8 Å². The molecule has 0 saturated heterocycles. The number of rotatable bonds is 5. The molecule has 0 amide bonds. The summed E-state index contributed by atoms with van der Waals surface area (Å²) in [6.45, 7) is 9.61. The van der Waals surface area contributed by atoms with Gasteiger partial charge in [0, 0.05) is 37.0 Å². The van der Waals surface area contributed by atoms with Gasteiger partial charge in [-0.05, 0) is 11.5 Å². The summed E-state index contributed by atoms with van der Waals surface area (Å²) in [4.78, 5) is 0. The maximum Gasteiger partial charge on any atom is 0.0967 e. The van der Waals surface area contributed by atoms with Crippen LogP contribution in [-0.2, 0) is 13.6 Å². The number of benzene rings is 1. The molecule has 0 aliphatic rings. The summed E-state index contributed by atoms with van der Waals surface area (Å²) < 4.78 is 1.89. The van der Waals surface area contributed by atoms with Crippen molar-refractivity contribution >= 4 is 0 Å². The van der Waals surface area contributed by atoms with Gasteiger partial charge < -0.3 is 5.32 Å². The molecule has 0 unspecified atom stereocenters. The van der Waals surface area contributed by atoms with Gasteiger partial charge in [-0.2, -0.15) is 5.10 Å². The zero-order chi connectivity index (χ0) is 14.7. The van der Waals surface area contributed by atoms with Crippen molar-refractivity contribution in [3.63, 3.8) is 0 Å². The van der Waals surface area contributed by atoms with E-state index in [-0.39, 0.29) is 0 Å². The predicted octanol–water partition coefficient (Wildman–Crippen LogP) is 3.71. The van der Waals surface area contributed by atoms with Gasteiger partial charge in [0.05, 0.1) is 5.69 Å². The van der Waals surface area contributed by atoms with Gasteiger partial charge in [0.1, 0.15) is 0 Å². The van der Waals surface area contributed by atoms with E-state index in [0.29, 0.717) is 12.0 Å². The average Bonchev–Trinajstić information content (AvgIpc) is 2.77. The third-order valence-corrected chi connectivity index (χ3v) is 3.46. The molecule has 1 aromatic heterocycles. The molecule has 3 nitrogen and oxygen atoms in total. The van der Waals surface area contributed by atoms with Gasteiger partial charge in [0.25, 0.3) is 0 Å². The Labute approximate surface area is 122 Å². The fraction of sp³-hybridized carbons (Fsp3) is 0.471. The summed E-state index contributed by atoms with van der Waals surface area (Å²) in [5.74, 6) is 0.565. The van der Waals surface area contributed by atoms with E-state index >= 15 is 0 Å². The van der Waals surface area contributed by atoms with Crippen LogP contribution in [0.15, 0.2) is 30.5 Å². The van der Waals surface area contributed by atoms with E-state index < -0.39 is 0 Å². The van der Waals surface area contributed by atoms with Crippen molar-refractivity contribution < 1.29 is 0 Å². The van der Waals surface area contributed by atoms with Crippen molar-refractivity contribution in [2.75, 3.05) is 0 Å². The second-order valence-corrected chi connectivity index (χ2v) is 5.99. The molecule has 0 aliphatic carbocycles. The first kappa shape index (κ1) is 14.8. The van der Waals surface area contributed by atoms with Crippen LogP contribution in [0, 0.1) is 0 Å². The Morgan fingerprint density at radius 3 is 2.30 bits per heavy atom. The van der Waals surface area contributed by atoms with E-state index in [1.54, 1.807) is 0 Å². The minimum absolute atomic E-state index is 0.478. The summed E-state index contributed by atoms with van der Waals surface area (Å²) >= 11 is 0. The molecular weight excluding hydrogens is 246 g/mol. The van der Waals surface area contributed by atoms with Gasteiger partial charge in [-0.1, -0.05) is 52.0 Å². The molecule has 3 heteroatoms. The topological polar surface area (TPSA) is 29.9 Å². The van der Waals surface area contributed by atoms with Gasteiger partial charge in [0.2, 0.25) is 0 Å². The van der Waals surface area contributed by atoms with Crippen LogP contribution in [0.5, 0.6) is 0 Å². The third-order valence-electron chi connectivity index (χ3n) is 3.46. The highest BCUT2D eigenvalue weighted by molar-refractivity contribution is 5.63. The van der Waals surface area contributed by atoms with Gasteiger partial charge in [-0.15, -0.1) is 0 Å². The molecule has 1 N–H and O–H groups in total. The highest BCUT2D eigenvalue weighted by Gasteiger charge is 2.10. The Morgan fingerprint density at radius 1 is 1.10 bits per heavy atom. The van der Waals surface area contributed by atoms with Gasteiger partial charge in [-0.3, -0.25) is 4.68 Å². The molecule has 0 aliphatic heterocycles. The summed E-state index contributed by atoms with van der Waals surface area (Å²) in [6.07, 6.45) is 2.10. The average molecular weight is 271 g/mol. The first-order chi connectivity index (χ1) is 9.47. The first-order valence-electron chi connectivity index (χ1n) is 7.33. The molecule has 2 rings (SSSR count). The number of aryl methyl sites for hydroxylation is 1. The zero-order valence-electron chi connectivity index (χ0n) is 13.1. The second-order valence-electron chi connectivity index (χ2n) is 5.99. The van der Waals surface area contributed by atoms with E-state index in [0.717, 1.165) is 12.2 Å². The molecule has 0 bridgehead atoms. The Kier molecular flexibility index (Phi) is 4.61. The largest absolute Gasteiger partial charge is 0.310 e. The highest BCUT2D eigenvalue weighted by Crippen LogP contribution is 2.24. The molecule has 1 heterocycles. The Hall–Kier alpha value is -1.61. The number of nitrogens with zero attached hydrogens (tertiary/aromatic N) is 2. The quantitative estimate of drug-likeness (QED) is 0.898. The number of hydrogen-bond acceptors (Lipinski definition) is 2. The van der Waals surface area contributed by atoms with Crippen molar-refractivity contribution in [1.82, 2.24) is 15.1 Å². The normalized spacial score (nSPS) is 11.6. The maximum atomic E-state index is 4.61. The van der Waals surface area contributed by atoms with Crippen molar-refractivity contribution in [3.05, 3.63) is 41.6 Å². The summed E-state index contributed by atoms with van der Waals surface area (Å²) in [6, 6.07) is 9.24. The van der Waals surface area contributed by atoms with Gasteiger partial charge in [-0.25, -0.2) is 0 Å². The molecule has 20 heavy (non-hydrogen) atoms. The Bertz CT molecular complexity index is 550. The number of aromatic nitrogens is 2. The lowest BCUT2D eigenvalue weighted by atomic mass is 10.00. The SMILES string of the molecule is CC(C)NCc1cn(C)nc1-c1ccc(C(C)C)cc1. The van der Waals surface area contributed by atoms with Gasteiger partial charge in [0.15, 0.2) is 0 Å². The number of hydrogen-bond donors (Lipinski definition) is 1. The fourth-order valence-electron chi connectivity index (χ4n) is 2.25. The molecule has 1 aromatic carbocycles. The summed E-state index contributed by atoms with van der Waals surface area (Å²) in [5, 5.41) is 8.07. The minimum Gasteiger partial charge on any atom is -0.310 e. The lowest BCUT2D eigenvalue weighted by molar-refractivity contribution is 0.589. The molecule has 108 valence electrons. The van der Waals surface area contributed by atoms with E-state index in [4.69, 9.17) is 0 Å². The van der Waals surface area contributed by atoms with E-state index in [1.807, 2.05) is 11.7 Å². The molecule has 0 atom stereocenters. The maximum absolute atomic E-state index is 4.61. The minimum atomic E-state index is 0.478. The smallest absolute Gasteiger partial charge is 0.0967 e. The van der Waals surface area contributed by atoms with E-state index in [1.165, 1.54) is 16.7 Å². The monoisotopic (exact) mass is 271 g/mol. The Balaban J connectivity index is 2.27. The summed E-state index contributed by atoms with van der Waals surface area (Å²) in [7, 11) is 1.98. The molecule has 0 saturated carbocycles. The molecule has 0 fully saturated rings.